The predicted octanol–water partition coefficient (Wildman–Crippen LogP) is 12.0. The largest absolute Gasteiger partial charge is 0.399 e. The number of pyridine rings is 1. The van der Waals surface area contributed by atoms with Crippen LogP contribution in [0.4, 0.5) is 40.2 Å². The molecule has 9 aromatic heterocycles. The Labute approximate surface area is 598 Å². The summed E-state index contributed by atoms with van der Waals surface area (Å²) in [6, 6.07) is 26.3. The van der Waals surface area contributed by atoms with E-state index >= 15 is 0 Å². The fourth-order valence-corrected chi connectivity index (χ4v) is 14.4. The second kappa shape index (κ2) is 28.4. The Morgan fingerprint density at radius 1 is 0.580 bits per heavy atom. The molecule has 0 spiro atoms. The van der Waals surface area contributed by atoms with Crippen molar-refractivity contribution in [2.75, 3.05) is 27.8 Å². The quantitative estimate of drug-likeness (QED) is 0.0723. The van der Waals surface area contributed by atoms with Crippen LogP contribution in [-0.4, -0.2) is 94.7 Å². The molecule has 0 unspecified atom stereocenters. The topological polar surface area (TPSA) is 307 Å². The molecular weight excluding hydrogens is 1470 g/mol. The summed E-state index contributed by atoms with van der Waals surface area (Å²) < 4.78 is 15.5. The summed E-state index contributed by atoms with van der Waals surface area (Å²) in [5.41, 5.74) is 21.4. The standard InChI is InChI=1S/C33H36N8O2.C14H14BrN5O.C9H9N3O2.C9H11N3.C5H4Br2N2O/c1-7-22-23(10-11-34-30(22)41-13-12-40-27(31(41)42)14-20-16-33(3,4)17-28(20)40)25-18-38(5)32(43)29(36-25)35-21-8-9-26-24(15-21)19(2)37-39(26)6;1-8-10-6-9(4-5-11(10)20(3)18-8)16-13-14(21)19(2)7-12(15)17-13;1-6-8-5-7(12(13)14)3-4-9(8)11(2)10-6;1-6-8-5-7(10)3-4-9(8)12(2)11-6;1-9-2-3(6)8-4(7)5(9)10/h8-11,14-15,18H,7,12-13,16-17H2,1-6H3,(H,35,36);4-7H,1-3H3,(H,16,17);3-5H,1-2H3;3-5H,10H2,1-2H3;2H,1H3. The molecule has 0 radical (unpaired) electrons. The molecule has 30 heteroatoms. The van der Waals surface area contributed by atoms with Crippen LogP contribution < -0.4 is 37.9 Å². The van der Waals surface area contributed by atoms with E-state index in [0.717, 1.165) is 120 Å². The number of amides is 1. The fraction of sp³-hybridized carbons (Fsp3) is 0.286. The molecule has 1 aliphatic carbocycles. The molecule has 1 amide bonds. The molecule has 0 saturated heterocycles. The van der Waals surface area contributed by atoms with Crippen molar-refractivity contribution >= 4 is 138 Å². The normalized spacial score (nSPS) is 12.8. The van der Waals surface area contributed by atoms with Gasteiger partial charge in [-0.2, -0.15) is 20.4 Å². The molecule has 516 valence electrons. The van der Waals surface area contributed by atoms with Gasteiger partial charge in [-0.05, 0) is 179 Å². The van der Waals surface area contributed by atoms with Gasteiger partial charge in [0.05, 0.1) is 55.5 Å². The van der Waals surface area contributed by atoms with E-state index in [1.54, 1.807) is 67.3 Å². The number of nitrogens with two attached hydrogens (primary N) is 1. The molecule has 0 bridgehead atoms. The number of aryl methyl sites for hydroxylation is 11. The molecular formula is C70H74Br3N21O6. The first-order chi connectivity index (χ1) is 47.4. The number of aromatic nitrogens is 16. The molecule has 13 aromatic rings. The second-order valence-electron chi connectivity index (χ2n) is 25.4. The summed E-state index contributed by atoms with van der Waals surface area (Å²) in [7, 11) is 12.7. The van der Waals surface area contributed by atoms with Crippen LogP contribution in [0, 0.1) is 43.2 Å². The van der Waals surface area contributed by atoms with Crippen LogP contribution in [0.1, 0.15) is 70.9 Å². The molecule has 0 fully saturated rings. The van der Waals surface area contributed by atoms with Crippen molar-refractivity contribution in [1.82, 2.24) is 77.3 Å². The lowest BCUT2D eigenvalue weighted by Crippen LogP contribution is -2.41. The third-order valence-corrected chi connectivity index (χ3v) is 18.8. The summed E-state index contributed by atoms with van der Waals surface area (Å²) in [5.74, 6) is 1.15. The van der Waals surface area contributed by atoms with Gasteiger partial charge >= 0.3 is 0 Å². The highest BCUT2D eigenvalue weighted by Gasteiger charge is 2.38. The minimum atomic E-state index is -0.397. The van der Waals surface area contributed by atoms with E-state index in [-0.39, 0.29) is 45.3 Å². The van der Waals surface area contributed by atoms with Gasteiger partial charge in [-0.15, -0.1) is 0 Å². The number of hydrogen-bond donors (Lipinski definition) is 3. The fourth-order valence-electron chi connectivity index (χ4n) is 12.7. The zero-order valence-corrected chi connectivity index (χ0v) is 62.4. The average molecular weight is 1550 g/mol. The summed E-state index contributed by atoms with van der Waals surface area (Å²) in [5, 5.41) is 38.3. The van der Waals surface area contributed by atoms with Crippen molar-refractivity contribution in [3.05, 3.63) is 210 Å². The van der Waals surface area contributed by atoms with Crippen molar-refractivity contribution in [2.24, 2.45) is 54.7 Å². The number of nitro benzene ring substituents is 1. The molecule has 4 aromatic carbocycles. The molecule has 1 aliphatic heterocycles. The Morgan fingerprint density at radius 3 is 1.59 bits per heavy atom. The summed E-state index contributed by atoms with van der Waals surface area (Å²) in [4.78, 5) is 79.5. The smallest absolute Gasteiger partial charge is 0.293 e. The SMILES string of the molecule is CCc1c(-c2cn(C)c(=O)c(Nc3ccc4c(c3)c(C)nn4C)n2)ccnc1N1CCn2c(cc3c2CC(C)(C)C3)C1=O.Cc1nn(C)c2ccc(N)cc12.Cc1nn(C)c2ccc(Nc3nc(Br)cn(C)c3=O)cc12.Cc1nn(C)c2ccc([N+](=O)[O-])cc12.Cn1cc(Br)nc(Br)c1=O. The van der Waals surface area contributed by atoms with Gasteiger partial charge in [0.2, 0.25) is 0 Å². The third kappa shape index (κ3) is 14.5. The van der Waals surface area contributed by atoms with Crippen molar-refractivity contribution in [3.63, 3.8) is 0 Å². The number of rotatable bonds is 8. The number of carbonyl (C=O) groups is 1. The number of anilines is 6. The maximum atomic E-state index is 13.9. The van der Waals surface area contributed by atoms with Crippen LogP contribution in [0.15, 0.2) is 138 Å². The molecule has 0 atom stereocenters. The van der Waals surface area contributed by atoms with Crippen molar-refractivity contribution in [1.29, 1.82) is 0 Å². The lowest BCUT2D eigenvalue weighted by atomic mass is 9.90. The zero-order valence-electron chi connectivity index (χ0n) is 57.6. The van der Waals surface area contributed by atoms with E-state index in [1.807, 2.05) is 135 Å². The first-order valence-electron chi connectivity index (χ1n) is 31.8. The van der Waals surface area contributed by atoms with Crippen molar-refractivity contribution in [2.45, 2.75) is 74.3 Å². The minimum Gasteiger partial charge on any atom is -0.399 e. The monoisotopic (exact) mass is 1540 g/mol. The predicted molar refractivity (Wildman–Crippen MR) is 401 cm³/mol. The molecule has 100 heavy (non-hydrogen) atoms. The van der Waals surface area contributed by atoms with E-state index in [2.05, 4.69) is 120 Å². The maximum absolute atomic E-state index is 13.9. The van der Waals surface area contributed by atoms with Gasteiger partial charge in [-0.25, -0.2) is 19.9 Å². The number of fused-ring (bicyclic) bond motifs is 7. The number of halogens is 3. The second-order valence-corrected chi connectivity index (χ2v) is 27.8. The van der Waals surface area contributed by atoms with Gasteiger partial charge in [0.15, 0.2) is 16.2 Å². The molecule has 0 saturated carbocycles. The van der Waals surface area contributed by atoms with E-state index in [0.29, 0.717) is 38.3 Å². The van der Waals surface area contributed by atoms with Crippen LogP contribution in [-0.2, 0) is 75.1 Å². The molecule has 2 aliphatic rings. The summed E-state index contributed by atoms with van der Waals surface area (Å²) in [6.07, 6.45) is 9.34. The van der Waals surface area contributed by atoms with E-state index in [1.165, 1.54) is 26.5 Å². The summed E-state index contributed by atoms with van der Waals surface area (Å²) >= 11 is 9.46. The Bertz CT molecular complexity index is 5570. The number of nitrogen functional groups attached to an aromatic ring is 1. The summed E-state index contributed by atoms with van der Waals surface area (Å²) in [6.45, 7) is 15.7. The molecule has 10 heterocycles. The number of benzene rings is 4. The lowest BCUT2D eigenvalue weighted by molar-refractivity contribution is -0.384. The number of hydrogen-bond acceptors (Lipinski definition) is 17. The minimum absolute atomic E-state index is 0.0188. The number of nitrogens with one attached hydrogen (secondary N) is 2. The average Bonchev–Trinajstić information content (AvgIpc) is 1.54. The van der Waals surface area contributed by atoms with Crippen molar-refractivity contribution in [3.8, 4) is 11.3 Å². The van der Waals surface area contributed by atoms with Gasteiger partial charge in [-0.3, -0.25) is 52.9 Å². The molecule has 4 N–H and O–H groups in total. The van der Waals surface area contributed by atoms with Crippen LogP contribution >= 0.6 is 47.8 Å². The number of nitro groups is 1. The zero-order chi connectivity index (χ0) is 72.1. The van der Waals surface area contributed by atoms with Crippen LogP contribution in [0.2, 0.25) is 0 Å². The van der Waals surface area contributed by atoms with Crippen LogP contribution in [0.5, 0.6) is 0 Å². The number of carbonyl (C=O) groups excluding carboxylic acids is 1. The highest BCUT2D eigenvalue weighted by molar-refractivity contribution is 9.11. The third-order valence-electron chi connectivity index (χ3n) is 17.5. The van der Waals surface area contributed by atoms with Gasteiger partial charge in [0.1, 0.15) is 20.7 Å². The first kappa shape index (κ1) is 70.8. The van der Waals surface area contributed by atoms with Gasteiger partial charge in [-0.1, -0.05) is 20.8 Å². The highest BCUT2D eigenvalue weighted by Crippen LogP contribution is 2.40. The molecule has 27 nitrogen and oxygen atoms in total. The van der Waals surface area contributed by atoms with Crippen molar-refractivity contribution < 1.29 is 9.72 Å². The molecule has 15 rings (SSSR count). The Balaban J connectivity index is 0.000000145. The Morgan fingerprint density at radius 2 is 1.06 bits per heavy atom. The number of non-ortho nitro benzene ring substituents is 1. The van der Waals surface area contributed by atoms with E-state index < -0.39 is 4.92 Å². The lowest BCUT2D eigenvalue weighted by Gasteiger charge is -2.31. The Kier molecular flexibility index (Phi) is 20.1. The van der Waals surface area contributed by atoms with Crippen LogP contribution in [0.25, 0.3) is 54.9 Å². The van der Waals surface area contributed by atoms with E-state index in [9.17, 15) is 29.3 Å². The van der Waals surface area contributed by atoms with Gasteiger partial charge < -0.3 is 34.6 Å². The maximum Gasteiger partial charge on any atom is 0.293 e. The van der Waals surface area contributed by atoms with Gasteiger partial charge in [0, 0.05) is 155 Å². The Hall–Kier alpha value is -10.5. The number of nitrogens with zero attached hydrogens (tertiary/aromatic N) is 18. The van der Waals surface area contributed by atoms with E-state index in [4.69, 9.17) is 15.7 Å². The van der Waals surface area contributed by atoms with Gasteiger partial charge in [0.25, 0.3) is 28.3 Å². The van der Waals surface area contributed by atoms with Crippen LogP contribution in [0.3, 0.4) is 0 Å². The first-order valence-corrected chi connectivity index (χ1v) is 34.1. The highest BCUT2D eigenvalue weighted by atomic mass is 79.9.